The summed E-state index contributed by atoms with van der Waals surface area (Å²) in [6.45, 7) is 1.46. The predicted octanol–water partition coefficient (Wildman–Crippen LogP) is 4.34. The van der Waals surface area contributed by atoms with Crippen molar-refractivity contribution in [2.24, 2.45) is 7.05 Å². The summed E-state index contributed by atoms with van der Waals surface area (Å²) in [6, 6.07) is 9.70. The number of hydrogen-bond donors (Lipinski definition) is 2. The molecule has 0 atom stereocenters. The normalized spacial score (nSPS) is 10.9. The lowest BCUT2D eigenvalue weighted by molar-refractivity contribution is 0.262. The van der Waals surface area contributed by atoms with Crippen LogP contribution in [-0.2, 0) is 7.05 Å². The zero-order valence-corrected chi connectivity index (χ0v) is 17.7. The number of aryl methyl sites for hydroxylation is 1. The Morgan fingerprint density at radius 2 is 1.77 bits per heavy atom. The van der Waals surface area contributed by atoms with E-state index in [1.807, 2.05) is 27.2 Å². The van der Waals surface area contributed by atoms with Gasteiger partial charge in [-0.15, -0.1) is 0 Å². The first kappa shape index (κ1) is 22.2. The number of halogens is 2. The maximum Gasteiger partial charge on any atom is 0.323 e. The Bertz CT molecular complexity index is 1050. The second kappa shape index (κ2) is 10.0. The van der Waals surface area contributed by atoms with E-state index in [0.717, 1.165) is 36.4 Å². The average Bonchev–Trinajstić information content (AvgIpc) is 3.14. The van der Waals surface area contributed by atoms with E-state index in [-0.39, 0.29) is 5.69 Å². The quantitative estimate of drug-likeness (QED) is 0.523. The Hall–Kier alpha value is -3.46. The summed E-state index contributed by atoms with van der Waals surface area (Å²) in [7, 11) is 5.83. The summed E-state index contributed by atoms with van der Waals surface area (Å²) in [6.07, 6.45) is 2.55. The molecule has 2 aromatic carbocycles. The minimum atomic E-state index is -1.04. The third-order valence-electron chi connectivity index (χ3n) is 4.52. The van der Waals surface area contributed by atoms with Crippen LogP contribution in [0.15, 0.2) is 48.7 Å². The molecule has 1 heterocycles. The number of nitrogens with zero attached hydrogens (tertiary/aromatic N) is 3. The van der Waals surface area contributed by atoms with Crippen molar-refractivity contribution in [3.8, 4) is 17.0 Å². The zero-order valence-electron chi connectivity index (χ0n) is 17.7. The van der Waals surface area contributed by atoms with Crippen molar-refractivity contribution >= 4 is 17.4 Å². The van der Waals surface area contributed by atoms with Gasteiger partial charge in [-0.05, 0) is 56.9 Å². The molecule has 3 aromatic rings. The second-order valence-corrected chi connectivity index (χ2v) is 7.26. The van der Waals surface area contributed by atoms with Crippen LogP contribution in [0.4, 0.5) is 25.0 Å². The van der Waals surface area contributed by atoms with Gasteiger partial charge >= 0.3 is 6.03 Å². The molecule has 0 saturated carbocycles. The van der Waals surface area contributed by atoms with Gasteiger partial charge < -0.3 is 20.3 Å². The molecule has 7 nitrogen and oxygen atoms in total. The van der Waals surface area contributed by atoms with E-state index in [2.05, 4.69) is 20.6 Å². The molecule has 0 spiro atoms. The number of rotatable bonds is 8. The molecule has 0 fully saturated rings. The molecular formula is C22H25F2N5O2. The van der Waals surface area contributed by atoms with Gasteiger partial charge in [-0.3, -0.25) is 4.68 Å². The van der Waals surface area contributed by atoms with Crippen molar-refractivity contribution in [3.63, 3.8) is 0 Å². The van der Waals surface area contributed by atoms with Gasteiger partial charge in [0.15, 0.2) is 11.6 Å². The monoisotopic (exact) mass is 429 g/mol. The highest BCUT2D eigenvalue weighted by Crippen LogP contribution is 2.32. The average molecular weight is 429 g/mol. The minimum absolute atomic E-state index is 0.143. The summed E-state index contributed by atoms with van der Waals surface area (Å²) in [5, 5.41) is 9.38. The van der Waals surface area contributed by atoms with Crippen LogP contribution in [0.2, 0.25) is 0 Å². The van der Waals surface area contributed by atoms with Crippen LogP contribution in [0.5, 0.6) is 5.75 Å². The molecule has 9 heteroatoms. The van der Waals surface area contributed by atoms with E-state index in [4.69, 9.17) is 4.74 Å². The third-order valence-corrected chi connectivity index (χ3v) is 4.52. The summed E-state index contributed by atoms with van der Waals surface area (Å²) in [4.78, 5) is 14.4. The van der Waals surface area contributed by atoms with Crippen LogP contribution in [0.3, 0.4) is 0 Å². The minimum Gasteiger partial charge on any atom is -0.493 e. The van der Waals surface area contributed by atoms with Crippen molar-refractivity contribution in [3.05, 3.63) is 60.3 Å². The smallest absolute Gasteiger partial charge is 0.323 e. The van der Waals surface area contributed by atoms with Crippen LogP contribution >= 0.6 is 0 Å². The van der Waals surface area contributed by atoms with Gasteiger partial charge in [-0.1, -0.05) is 0 Å². The van der Waals surface area contributed by atoms with E-state index < -0.39 is 17.7 Å². The number of amides is 2. The molecule has 0 aliphatic carbocycles. The molecule has 2 amide bonds. The Balaban J connectivity index is 1.75. The van der Waals surface area contributed by atoms with Gasteiger partial charge in [0.25, 0.3) is 0 Å². The fourth-order valence-electron chi connectivity index (χ4n) is 3.00. The highest BCUT2D eigenvalue weighted by atomic mass is 19.2. The van der Waals surface area contributed by atoms with Crippen LogP contribution < -0.4 is 15.4 Å². The van der Waals surface area contributed by atoms with Crippen molar-refractivity contribution < 1.29 is 18.3 Å². The number of hydrogen-bond acceptors (Lipinski definition) is 4. The van der Waals surface area contributed by atoms with Crippen LogP contribution in [0.25, 0.3) is 11.3 Å². The molecule has 0 saturated heterocycles. The summed E-state index contributed by atoms with van der Waals surface area (Å²) < 4.78 is 34.1. The van der Waals surface area contributed by atoms with Crippen molar-refractivity contribution in [2.75, 3.05) is 37.9 Å². The van der Waals surface area contributed by atoms with Gasteiger partial charge in [-0.25, -0.2) is 13.6 Å². The number of anilines is 2. The van der Waals surface area contributed by atoms with Crippen molar-refractivity contribution in [1.82, 2.24) is 14.7 Å². The predicted molar refractivity (Wildman–Crippen MR) is 116 cm³/mol. The topological polar surface area (TPSA) is 71.4 Å². The second-order valence-electron chi connectivity index (χ2n) is 7.26. The maximum atomic E-state index is 13.3. The van der Waals surface area contributed by atoms with Crippen molar-refractivity contribution in [2.45, 2.75) is 6.42 Å². The fourth-order valence-corrected chi connectivity index (χ4v) is 3.00. The molecule has 164 valence electrons. The standard InChI is InChI=1S/C22H25F2N5O2/c1-28(2)11-4-12-31-21-8-6-15(13-17(21)20-9-10-25-29(20)3)26-22(30)27-16-5-7-18(23)19(24)14-16/h5-10,13-14H,4,11-12H2,1-3H3,(H2,26,27,30). The van der Waals surface area contributed by atoms with Crippen LogP contribution in [0, 0.1) is 11.6 Å². The lowest BCUT2D eigenvalue weighted by Crippen LogP contribution is -2.19. The number of benzene rings is 2. The van der Waals surface area contributed by atoms with E-state index in [9.17, 15) is 13.6 Å². The molecule has 0 aliphatic rings. The summed E-state index contributed by atoms with van der Waals surface area (Å²) in [5.41, 5.74) is 2.25. The van der Waals surface area contributed by atoms with Gasteiger partial charge in [0.05, 0.1) is 12.3 Å². The van der Waals surface area contributed by atoms with Crippen LogP contribution in [0.1, 0.15) is 6.42 Å². The first-order valence-corrected chi connectivity index (χ1v) is 9.76. The maximum absolute atomic E-state index is 13.3. The number of nitrogens with one attached hydrogen (secondary N) is 2. The van der Waals surface area contributed by atoms with Gasteiger partial charge in [0, 0.05) is 42.8 Å². The number of aromatic nitrogens is 2. The molecule has 2 N–H and O–H groups in total. The Labute approximate surface area is 179 Å². The Morgan fingerprint density at radius 3 is 2.42 bits per heavy atom. The SMILES string of the molecule is CN(C)CCCOc1ccc(NC(=O)Nc2ccc(F)c(F)c2)cc1-c1ccnn1C. The molecule has 0 aliphatic heterocycles. The fraction of sp³-hybridized carbons (Fsp3) is 0.273. The number of urea groups is 1. The molecule has 31 heavy (non-hydrogen) atoms. The summed E-state index contributed by atoms with van der Waals surface area (Å²) >= 11 is 0. The van der Waals surface area contributed by atoms with Gasteiger partial charge in [0.2, 0.25) is 0 Å². The van der Waals surface area contributed by atoms with E-state index in [1.165, 1.54) is 6.07 Å². The van der Waals surface area contributed by atoms with E-state index >= 15 is 0 Å². The third kappa shape index (κ3) is 6.02. The number of ether oxygens (including phenoxy) is 1. The van der Waals surface area contributed by atoms with Gasteiger partial charge in [0.1, 0.15) is 5.75 Å². The molecule has 0 bridgehead atoms. The highest BCUT2D eigenvalue weighted by molar-refractivity contribution is 6.00. The molecule has 0 radical (unpaired) electrons. The zero-order chi connectivity index (χ0) is 22.4. The number of carbonyl (C=O) groups excluding carboxylic acids is 1. The molecule has 1 aromatic heterocycles. The van der Waals surface area contributed by atoms with Crippen LogP contribution in [-0.4, -0.2) is 48.0 Å². The first-order chi connectivity index (χ1) is 14.8. The number of carbonyl (C=O) groups is 1. The lowest BCUT2D eigenvalue weighted by Gasteiger charge is -2.15. The highest BCUT2D eigenvalue weighted by Gasteiger charge is 2.13. The van der Waals surface area contributed by atoms with E-state index in [1.54, 1.807) is 29.1 Å². The Morgan fingerprint density at radius 1 is 1.06 bits per heavy atom. The first-order valence-electron chi connectivity index (χ1n) is 9.76. The lowest BCUT2D eigenvalue weighted by atomic mass is 10.1. The Kier molecular flexibility index (Phi) is 7.19. The van der Waals surface area contributed by atoms with E-state index in [0.29, 0.717) is 18.0 Å². The van der Waals surface area contributed by atoms with Gasteiger partial charge in [-0.2, -0.15) is 5.10 Å². The molecular weight excluding hydrogens is 404 g/mol. The molecule has 3 rings (SSSR count). The largest absolute Gasteiger partial charge is 0.493 e. The van der Waals surface area contributed by atoms with Crippen molar-refractivity contribution in [1.29, 1.82) is 0 Å². The summed E-state index contributed by atoms with van der Waals surface area (Å²) in [5.74, 6) is -1.34. The molecule has 0 unspecified atom stereocenters.